The molecule has 1 heteroatoms. The molecule has 0 bridgehead atoms. The lowest BCUT2D eigenvalue weighted by atomic mass is 10.3. The average Bonchev–Trinajstić information content (AvgIpc) is 2.65. The molecule has 0 unspecified atom stereocenters. The Hall–Kier alpha value is -0.430. The van der Waals surface area contributed by atoms with Crippen molar-refractivity contribution < 1.29 is 0 Å². The zero-order valence-corrected chi connectivity index (χ0v) is 7.08. The molecule has 0 aromatic heterocycles. The monoisotopic (exact) mass is 152 g/mol. The van der Waals surface area contributed by atoms with E-state index in [4.69, 9.17) is 0 Å². The number of hydrogen-bond acceptors (Lipinski definition) is 1. The maximum absolute atomic E-state index is 3.61. The van der Waals surface area contributed by atoms with Gasteiger partial charge in [-0.2, -0.15) is 0 Å². The number of rotatable bonds is 4. The van der Waals surface area contributed by atoms with Gasteiger partial charge in [0.25, 0.3) is 0 Å². The largest absolute Gasteiger partial charge is 0.0991 e. The van der Waals surface area contributed by atoms with Crippen LogP contribution in [0.5, 0.6) is 0 Å². The standard InChI is InChI=1S/C9H12S/c1-3-5-7-9-8(10-9)6-4-2/h3,5,7H,1,4,6H2,2H3/b7-5-. The van der Waals surface area contributed by atoms with Gasteiger partial charge in [-0.25, -0.2) is 0 Å². The number of thioether (sulfide) groups is 1. The summed E-state index contributed by atoms with van der Waals surface area (Å²) in [5.41, 5.74) is 0. The second-order valence-corrected chi connectivity index (χ2v) is 3.37. The normalized spacial score (nSPS) is 16.5. The summed E-state index contributed by atoms with van der Waals surface area (Å²) in [7, 11) is 0. The summed E-state index contributed by atoms with van der Waals surface area (Å²) in [6.07, 6.45) is 8.44. The minimum Gasteiger partial charge on any atom is -0.0991 e. The molecule has 0 N–H and O–H groups in total. The van der Waals surface area contributed by atoms with Gasteiger partial charge in [0.15, 0.2) is 0 Å². The van der Waals surface area contributed by atoms with Crippen molar-refractivity contribution in [3.05, 3.63) is 34.6 Å². The summed E-state index contributed by atoms with van der Waals surface area (Å²) >= 11 is 1.90. The first-order valence-corrected chi connectivity index (χ1v) is 4.40. The van der Waals surface area contributed by atoms with Crippen molar-refractivity contribution in [2.75, 3.05) is 0 Å². The van der Waals surface area contributed by atoms with Crippen molar-refractivity contribution in [3.8, 4) is 0 Å². The van der Waals surface area contributed by atoms with Gasteiger partial charge < -0.3 is 0 Å². The van der Waals surface area contributed by atoms with E-state index in [2.05, 4.69) is 19.6 Å². The predicted molar refractivity (Wildman–Crippen MR) is 48.9 cm³/mol. The highest BCUT2D eigenvalue weighted by molar-refractivity contribution is 8.13. The first-order chi connectivity index (χ1) is 4.88. The molecule has 1 aliphatic heterocycles. The fraction of sp³-hybridized carbons (Fsp3) is 0.333. The molecule has 0 aliphatic carbocycles. The Morgan fingerprint density at radius 3 is 3.00 bits per heavy atom. The van der Waals surface area contributed by atoms with Gasteiger partial charge in [0.2, 0.25) is 0 Å². The van der Waals surface area contributed by atoms with Gasteiger partial charge in [0.05, 0.1) is 0 Å². The summed E-state index contributed by atoms with van der Waals surface area (Å²) in [6, 6.07) is 0. The molecule has 0 radical (unpaired) electrons. The van der Waals surface area contributed by atoms with E-state index in [9.17, 15) is 0 Å². The van der Waals surface area contributed by atoms with Crippen LogP contribution in [-0.4, -0.2) is 0 Å². The first-order valence-electron chi connectivity index (χ1n) is 3.58. The Kier molecular flexibility index (Phi) is 2.82. The second kappa shape index (κ2) is 3.67. The third kappa shape index (κ3) is 2.07. The molecular formula is C9H12S. The number of hydrogen-bond donors (Lipinski definition) is 0. The lowest BCUT2D eigenvalue weighted by Gasteiger charge is -1.77. The fourth-order valence-corrected chi connectivity index (χ4v) is 1.63. The number of allylic oxidation sites excluding steroid dienone is 4. The minimum atomic E-state index is 1.25. The van der Waals surface area contributed by atoms with Gasteiger partial charge in [-0.3, -0.25) is 0 Å². The van der Waals surface area contributed by atoms with E-state index in [1.54, 1.807) is 4.91 Å². The van der Waals surface area contributed by atoms with Crippen LogP contribution in [0.4, 0.5) is 0 Å². The van der Waals surface area contributed by atoms with Crippen molar-refractivity contribution in [1.29, 1.82) is 0 Å². The van der Waals surface area contributed by atoms with Crippen LogP contribution in [-0.2, 0) is 0 Å². The van der Waals surface area contributed by atoms with Gasteiger partial charge in [0, 0.05) is 9.81 Å². The Labute approximate surface area is 66.7 Å². The molecule has 0 atom stereocenters. The Balaban J connectivity index is 2.33. The van der Waals surface area contributed by atoms with E-state index in [-0.39, 0.29) is 0 Å². The average molecular weight is 152 g/mol. The van der Waals surface area contributed by atoms with Crippen molar-refractivity contribution in [2.45, 2.75) is 19.8 Å². The highest BCUT2D eigenvalue weighted by atomic mass is 32.2. The van der Waals surface area contributed by atoms with Gasteiger partial charge in [-0.15, -0.1) is 0 Å². The van der Waals surface area contributed by atoms with Crippen LogP contribution >= 0.6 is 11.8 Å². The van der Waals surface area contributed by atoms with E-state index in [0.29, 0.717) is 0 Å². The molecule has 54 valence electrons. The third-order valence-electron chi connectivity index (χ3n) is 1.33. The SMILES string of the molecule is C=C/C=C\C1=C(CCC)S1. The summed E-state index contributed by atoms with van der Waals surface area (Å²) in [6.45, 7) is 5.82. The van der Waals surface area contributed by atoms with Crippen LogP contribution in [0.25, 0.3) is 0 Å². The summed E-state index contributed by atoms with van der Waals surface area (Å²) in [5.74, 6) is 0. The van der Waals surface area contributed by atoms with Crippen LogP contribution in [0, 0.1) is 0 Å². The molecule has 0 saturated carbocycles. The van der Waals surface area contributed by atoms with Gasteiger partial charge in [0.1, 0.15) is 0 Å². The topological polar surface area (TPSA) is 0 Å². The van der Waals surface area contributed by atoms with Crippen LogP contribution in [0.2, 0.25) is 0 Å². The van der Waals surface area contributed by atoms with Crippen LogP contribution in [0.15, 0.2) is 34.6 Å². The summed E-state index contributed by atoms with van der Waals surface area (Å²) < 4.78 is 0. The van der Waals surface area contributed by atoms with Gasteiger partial charge in [-0.05, 0) is 12.5 Å². The van der Waals surface area contributed by atoms with Crippen molar-refractivity contribution in [2.24, 2.45) is 0 Å². The molecule has 0 aromatic rings. The van der Waals surface area contributed by atoms with Crippen LogP contribution in [0.3, 0.4) is 0 Å². The van der Waals surface area contributed by atoms with Crippen molar-refractivity contribution in [1.82, 2.24) is 0 Å². The molecule has 1 heterocycles. The molecule has 0 nitrogen and oxygen atoms in total. The third-order valence-corrected chi connectivity index (χ3v) is 2.40. The molecule has 1 rings (SSSR count). The smallest absolute Gasteiger partial charge is 0.0218 e. The zero-order valence-electron chi connectivity index (χ0n) is 6.26. The highest BCUT2D eigenvalue weighted by Gasteiger charge is 2.17. The molecule has 0 fully saturated rings. The van der Waals surface area contributed by atoms with E-state index < -0.39 is 0 Å². The highest BCUT2D eigenvalue weighted by Crippen LogP contribution is 2.48. The Bertz CT molecular complexity index is 187. The predicted octanol–water partition coefficient (Wildman–Crippen LogP) is 3.49. The second-order valence-electron chi connectivity index (χ2n) is 2.23. The zero-order chi connectivity index (χ0) is 7.40. The lowest BCUT2D eigenvalue weighted by Crippen LogP contribution is -1.59. The fourth-order valence-electron chi connectivity index (χ4n) is 0.791. The lowest BCUT2D eigenvalue weighted by molar-refractivity contribution is 0.954. The van der Waals surface area contributed by atoms with E-state index in [1.807, 2.05) is 23.9 Å². The molecule has 1 aliphatic rings. The summed E-state index contributed by atoms with van der Waals surface area (Å²) in [5, 5.41) is 0. The molecular weight excluding hydrogens is 140 g/mol. The van der Waals surface area contributed by atoms with E-state index in [1.165, 1.54) is 17.7 Å². The molecule has 10 heavy (non-hydrogen) atoms. The van der Waals surface area contributed by atoms with Crippen LogP contribution < -0.4 is 0 Å². The van der Waals surface area contributed by atoms with Crippen LogP contribution in [0.1, 0.15) is 19.8 Å². The molecule has 0 spiro atoms. The van der Waals surface area contributed by atoms with Crippen molar-refractivity contribution >= 4 is 11.8 Å². The first kappa shape index (κ1) is 7.67. The van der Waals surface area contributed by atoms with E-state index in [0.717, 1.165) is 0 Å². The van der Waals surface area contributed by atoms with Crippen molar-refractivity contribution in [3.63, 3.8) is 0 Å². The van der Waals surface area contributed by atoms with E-state index >= 15 is 0 Å². The van der Waals surface area contributed by atoms with Gasteiger partial charge >= 0.3 is 0 Å². The summed E-state index contributed by atoms with van der Waals surface area (Å²) in [4.78, 5) is 3.00. The molecule has 0 saturated heterocycles. The molecule has 0 amide bonds. The Morgan fingerprint density at radius 2 is 2.40 bits per heavy atom. The van der Waals surface area contributed by atoms with Gasteiger partial charge in [-0.1, -0.05) is 43.8 Å². The Morgan fingerprint density at radius 1 is 1.60 bits per heavy atom. The maximum Gasteiger partial charge on any atom is 0.0218 e. The molecule has 0 aromatic carbocycles. The maximum atomic E-state index is 3.61. The quantitative estimate of drug-likeness (QED) is 0.556. The minimum absolute atomic E-state index is 1.25.